The summed E-state index contributed by atoms with van der Waals surface area (Å²) >= 11 is 0. The van der Waals surface area contributed by atoms with E-state index in [1.165, 1.54) is 15.9 Å². The molecule has 0 N–H and O–H groups in total. The summed E-state index contributed by atoms with van der Waals surface area (Å²) in [6, 6.07) is 40.5. The summed E-state index contributed by atoms with van der Waals surface area (Å²) in [6.07, 6.45) is 0.00746. The number of hydrogen-bond donors (Lipinski definition) is 0. The molecule has 0 amide bonds. The van der Waals surface area contributed by atoms with Gasteiger partial charge in [0.15, 0.2) is 0 Å². The third kappa shape index (κ3) is 5.37. The van der Waals surface area contributed by atoms with Crippen LogP contribution >= 0.6 is 7.26 Å². The van der Waals surface area contributed by atoms with Crippen LogP contribution in [0.15, 0.2) is 121 Å². The van der Waals surface area contributed by atoms with Crippen LogP contribution in [0.4, 0.5) is 4.79 Å². The topological polar surface area (TPSA) is 35.5 Å². The molecule has 0 aliphatic heterocycles. The van der Waals surface area contributed by atoms with E-state index in [1.807, 2.05) is 36.4 Å². The molecule has 0 aliphatic rings. The van der Waals surface area contributed by atoms with E-state index in [1.54, 1.807) is 12.1 Å². The molecule has 0 spiro atoms. The first-order valence-corrected chi connectivity index (χ1v) is 12.2. The number of halogens is 1. The Morgan fingerprint density at radius 1 is 0.594 bits per heavy atom. The molecule has 5 heteroatoms. The van der Waals surface area contributed by atoms with Crippen molar-refractivity contribution in [3.63, 3.8) is 0 Å². The van der Waals surface area contributed by atoms with E-state index < -0.39 is 13.4 Å². The largest absolute Gasteiger partial charge is 1.00 e. The molecule has 3 nitrogen and oxygen atoms in total. The summed E-state index contributed by atoms with van der Waals surface area (Å²) in [4.78, 5) is 12.3. The van der Waals surface area contributed by atoms with Gasteiger partial charge in [0, 0.05) is 0 Å². The number of hydrogen-bond acceptors (Lipinski definition) is 3. The zero-order chi connectivity index (χ0) is 21.4. The van der Waals surface area contributed by atoms with Crippen molar-refractivity contribution in [1.29, 1.82) is 0 Å². The van der Waals surface area contributed by atoms with Gasteiger partial charge in [-0.05, 0) is 48.5 Å². The Labute approximate surface area is 195 Å². The van der Waals surface area contributed by atoms with Crippen molar-refractivity contribution in [2.24, 2.45) is 0 Å². The highest BCUT2D eigenvalue weighted by Crippen LogP contribution is 2.54. The molecule has 0 heterocycles. The minimum absolute atomic E-state index is 0. The maximum Gasteiger partial charge on any atom is 0.513 e. The first kappa shape index (κ1) is 23.5. The van der Waals surface area contributed by atoms with Crippen LogP contribution in [0.2, 0.25) is 0 Å². The number of carbonyl (C=O) groups excluding carboxylic acids is 1. The molecule has 32 heavy (non-hydrogen) atoms. The Bertz CT molecular complexity index is 994. The summed E-state index contributed by atoms with van der Waals surface area (Å²) in [5.74, 6) is 0.475. The highest BCUT2D eigenvalue weighted by Gasteiger charge is 2.45. The van der Waals surface area contributed by atoms with E-state index in [2.05, 4.69) is 72.8 Å². The number of benzene rings is 4. The molecule has 0 saturated carbocycles. The van der Waals surface area contributed by atoms with E-state index in [0.29, 0.717) is 11.9 Å². The highest BCUT2D eigenvalue weighted by molar-refractivity contribution is 7.95. The van der Waals surface area contributed by atoms with Crippen LogP contribution in [0.25, 0.3) is 0 Å². The van der Waals surface area contributed by atoms with Crippen molar-refractivity contribution >= 4 is 29.3 Å². The second kappa shape index (κ2) is 11.5. The Hall–Kier alpha value is -3.13. The Balaban J connectivity index is 0.00000289. The van der Waals surface area contributed by atoms with Crippen molar-refractivity contribution < 1.29 is 26.7 Å². The molecule has 4 rings (SSSR count). The lowest BCUT2D eigenvalue weighted by molar-refractivity contribution is -0.0000166. The Kier molecular flexibility index (Phi) is 8.44. The molecule has 0 bridgehead atoms. The van der Waals surface area contributed by atoms with Gasteiger partial charge < -0.3 is 21.9 Å². The lowest BCUT2D eigenvalue weighted by Crippen LogP contribution is -3.00. The molecule has 4 aromatic rings. The molecule has 0 atom stereocenters. The molecular formula is C27H24ClO3P. The molecule has 0 unspecified atom stereocenters. The van der Waals surface area contributed by atoms with Crippen LogP contribution in [0.5, 0.6) is 5.75 Å². The average Bonchev–Trinajstić information content (AvgIpc) is 2.84. The lowest BCUT2D eigenvalue weighted by atomic mass is 10.3. The first-order valence-electron chi connectivity index (χ1n) is 10.2. The van der Waals surface area contributed by atoms with Gasteiger partial charge in [-0.3, -0.25) is 0 Å². The molecule has 0 fully saturated rings. The normalized spacial score (nSPS) is 10.6. The number of carbonyl (C=O) groups is 1. The molecule has 4 aromatic carbocycles. The molecule has 0 radical (unpaired) electrons. The van der Waals surface area contributed by atoms with Crippen molar-refractivity contribution in [2.75, 3.05) is 12.8 Å². The van der Waals surface area contributed by atoms with E-state index in [-0.39, 0.29) is 19.0 Å². The van der Waals surface area contributed by atoms with E-state index in [4.69, 9.17) is 9.47 Å². The summed E-state index contributed by atoms with van der Waals surface area (Å²) < 4.78 is 10.8. The average molecular weight is 463 g/mol. The quantitative estimate of drug-likeness (QED) is 0.240. The number of para-hydroxylation sites is 1. The SMILES string of the molecule is O=C(OCC[P+](c1ccccc1)(c1ccccc1)c1ccccc1)Oc1ccccc1.[Cl-]. The van der Waals surface area contributed by atoms with Crippen LogP contribution in [0.3, 0.4) is 0 Å². The number of rotatable bonds is 7. The number of ether oxygens (including phenoxy) is 2. The van der Waals surface area contributed by atoms with Gasteiger partial charge >= 0.3 is 6.16 Å². The van der Waals surface area contributed by atoms with Gasteiger partial charge in [0.1, 0.15) is 41.7 Å². The molecule has 0 saturated heterocycles. The van der Waals surface area contributed by atoms with Crippen molar-refractivity contribution in [3.05, 3.63) is 121 Å². The fraction of sp³-hybridized carbons (Fsp3) is 0.0741. The zero-order valence-electron chi connectivity index (χ0n) is 17.5. The van der Waals surface area contributed by atoms with E-state index in [9.17, 15) is 4.79 Å². The smallest absolute Gasteiger partial charge is 0.513 e. The third-order valence-corrected chi connectivity index (χ3v) is 9.57. The van der Waals surface area contributed by atoms with Crippen LogP contribution in [-0.2, 0) is 4.74 Å². The van der Waals surface area contributed by atoms with Gasteiger partial charge in [-0.1, -0.05) is 72.8 Å². The maximum absolute atomic E-state index is 12.3. The molecule has 162 valence electrons. The predicted molar refractivity (Wildman–Crippen MR) is 128 cm³/mol. The second-order valence-corrected chi connectivity index (χ2v) is 10.7. The van der Waals surface area contributed by atoms with E-state index >= 15 is 0 Å². The van der Waals surface area contributed by atoms with Crippen LogP contribution < -0.4 is 33.1 Å². The third-order valence-electron chi connectivity index (χ3n) is 5.18. The predicted octanol–water partition coefficient (Wildman–Crippen LogP) is 2.20. The van der Waals surface area contributed by atoms with Crippen LogP contribution in [-0.4, -0.2) is 18.9 Å². The van der Waals surface area contributed by atoms with Crippen molar-refractivity contribution in [3.8, 4) is 5.75 Å². The zero-order valence-corrected chi connectivity index (χ0v) is 19.2. The van der Waals surface area contributed by atoms with Crippen LogP contribution in [0, 0.1) is 0 Å². The van der Waals surface area contributed by atoms with Gasteiger partial charge in [0.2, 0.25) is 0 Å². The van der Waals surface area contributed by atoms with Gasteiger partial charge in [-0.15, -0.1) is 0 Å². The first-order chi connectivity index (χ1) is 15.3. The summed E-state index contributed by atoms with van der Waals surface area (Å²) in [6.45, 7) is 0.262. The Morgan fingerprint density at radius 2 is 0.969 bits per heavy atom. The second-order valence-electron chi connectivity index (χ2n) is 7.05. The molecule has 0 aromatic heterocycles. The minimum Gasteiger partial charge on any atom is -1.00 e. The standard InChI is InChI=1S/C27H24O3P.ClH/c28-27(30-23-13-5-1-6-14-23)29-21-22-31(24-15-7-2-8-16-24,25-17-9-3-10-18-25)26-19-11-4-12-20-26;/h1-20H,21-22H2;1H/q+1;/p-1. The van der Waals surface area contributed by atoms with Crippen molar-refractivity contribution in [2.45, 2.75) is 0 Å². The molecular weight excluding hydrogens is 439 g/mol. The summed E-state index contributed by atoms with van der Waals surface area (Å²) in [5, 5.41) is 3.77. The van der Waals surface area contributed by atoms with Crippen molar-refractivity contribution in [1.82, 2.24) is 0 Å². The minimum atomic E-state index is -2.02. The van der Waals surface area contributed by atoms with Gasteiger partial charge in [0.25, 0.3) is 0 Å². The fourth-order valence-electron chi connectivity index (χ4n) is 3.76. The fourth-order valence-corrected chi connectivity index (χ4v) is 7.84. The van der Waals surface area contributed by atoms with Gasteiger partial charge in [0.05, 0.1) is 0 Å². The molecule has 0 aliphatic carbocycles. The van der Waals surface area contributed by atoms with Crippen LogP contribution in [0.1, 0.15) is 0 Å². The summed E-state index contributed by atoms with van der Waals surface area (Å²) in [5.41, 5.74) is 0. The maximum atomic E-state index is 12.3. The summed E-state index contributed by atoms with van der Waals surface area (Å²) in [7, 11) is -2.02. The Morgan fingerprint density at radius 3 is 1.38 bits per heavy atom. The highest BCUT2D eigenvalue weighted by atomic mass is 35.5. The van der Waals surface area contributed by atoms with Gasteiger partial charge in [-0.2, -0.15) is 0 Å². The monoisotopic (exact) mass is 462 g/mol. The van der Waals surface area contributed by atoms with E-state index in [0.717, 1.165) is 0 Å². The lowest BCUT2D eigenvalue weighted by Gasteiger charge is -2.27. The van der Waals surface area contributed by atoms with Gasteiger partial charge in [-0.25, -0.2) is 4.79 Å².